The van der Waals surface area contributed by atoms with Gasteiger partial charge in [-0.25, -0.2) is 0 Å². The summed E-state index contributed by atoms with van der Waals surface area (Å²) in [6, 6.07) is 9.53. The fraction of sp³-hybridized carbons (Fsp3) is 0.476. The van der Waals surface area contributed by atoms with Crippen LogP contribution in [0.15, 0.2) is 36.5 Å². The number of rotatable bonds is 5. The Hall–Kier alpha value is -2.47. The third-order valence-electron chi connectivity index (χ3n) is 5.53. The van der Waals surface area contributed by atoms with Crippen LogP contribution in [0.25, 0.3) is 10.9 Å². The van der Waals surface area contributed by atoms with Crippen molar-refractivity contribution in [3.8, 4) is 0 Å². The van der Waals surface area contributed by atoms with Crippen molar-refractivity contribution in [2.24, 2.45) is 5.92 Å². The van der Waals surface area contributed by atoms with Crippen LogP contribution >= 0.6 is 0 Å². The van der Waals surface area contributed by atoms with Crippen molar-refractivity contribution < 1.29 is 9.59 Å². The number of aromatic nitrogens is 1. The minimum atomic E-state index is -0.378. The lowest BCUT2D eigenvalue weighted by molar-refractivity contribution is -0.147. The number of carbonyl (C=O) groups is 2. The predicted molar refractivity (Wildman–Crippen MR) is 104 cm³/mol. The number of amides is 2. The number of pyridine rings is 1. The van der Waals surface area contributed by atoms with E-state index in [1.54, 1.807) is 11.1 Å². The van der Waals surface area contributed by atoms with Crippen LogP contribution < -0.4 is 10.6 Å². The van der Waals surface area contributed by atoms with E-state index in [1.165, 1.54) is 5.56 Å². The molecule has 2 aliphatic rings. The van der Waals surface area contributed by atoms with Crippen molar-refractivity contribution in [2.45, 2.75) is 51.4 Å². The molecule has 0 bridgehead atoms. The van der Waals surface area contributed by atoms with E-state index < -0.39 is 0 Å². The standard InChI is InChI=1S/C21H26N4O2/c1-13(2)9-18-21(27)25-12-15(10-19(25)20(26)24-18)23-11-14-5-3-7-17-16(14)6-4-8-22-17/h3-8,13,15,18-19,23H,9-12H2,1-2H3,(H,24,26)/t15-,18-,19-/m0/s1. The van der Waals surface area contributed by atoms with E-state index in [2.05, 4.69) is 41.6 Å². The van der Waals surface area contributed by atoms with E-state index >= 15 is 0 Å². The van der Waals surface area contributed by atoms with Crippen molar-refractivity contribution in [1.82, 2.24) is 20.5 Å². The number of nitrogens with zero attached hydrogens (tertiary/aromatic N) is 2. The molecular weight excluding hydrogens is 340 g/mol. The zero-order valence-corrected chi connectivity index (χ0v) is 15.8. The molecule has 2 saturated heterocycles. The topological polar surface area (TPSA) is 74.3 Å². The van der Waals surface area contributed by atoms with Gasteiger partial charge in [-0.3, -0.25) is 14.6 Å². The van der Waals surface area contributed by atoms with Crippen molar-refractivity contribution >= 4 is 22.7 Å². The van der Waals surface area contributed by atoms with Gasteiger partial charge < -0.3 is 15.5 Å². The molecule has 27 heavy (non-hydrogen) atoms. The quantitative estimate of drug-likeness (QED) is 0.847. The Kier molecular flexibility index (Phi) is 4.83. The second-order valence-electron chi connectivity index (χ2n) is 8.00. The van der Waals surface area contributed by atoms with Crippen LogP contribution in [0, 0.1) is 5.92 Å². The van der Waals surface area contributed by atoms with Crippen LogP contribution in [0.4, 0.5) is 0 Å². The predicted octanol–water partition coefficient (Wildman–Crippen LogP) is 1.84. The van der Waals surface area contributed by atoms with Crippen LogP contribution in [0.3, 0.4) is 0 Å². The van der Waals surface area contributed by atoms with Crippen LogP contribution in [-0.4, -0.2) is 46.4 Å². The number of nitrogens with one attached hydrogen (secondary N) is 2. The highest BCUT2D eigenvalue weighted by Gasteiger charge is 2.46. The van der Waals surface area contributed by atoms with Gasteiger partial charge in [-0.15, -0.1) is 0 Å². The summed E-state index contributed by atoms with van der Waals surface area (Å²) in [6.45, 7) is 5.42. The number of benzene rings is 1. The van der Waals surface area contributed by atoms with E-state index in [4.69, 9.17) is 0 Å². The molecule has 2 aromatic rings. The molecule has 1 aromatic heterocycles. The molecule has 6 heteroatoms. The van der Waals surface area contributed by atoms with Gasteiger partial charge in [0.25, 0.3) is 0 Å². The first-order chi connectivity index (χ1) is 13.0. The Morgan fingerprint density at radius 2 is 2.11 bits per heavy atom. The molecule has 3 atom stereocenters. The molecule has 2 amide bonds. The average molecular weight is 366 g/mol. The maximum absolute atomic E-state index is 12.8. The molecule has 0 spiro atoms. The molecule has 0 aliphatic carbocycles. The third kappa shape index (κ3) is 3.54. The van der Waals surface area contributed by atoms with Gasteiger partial charge in [0.1, 0.15) is 12.1 Å². The van der Waals surface area contributed by atoms with Gasteiger partial charge in [0.15, 0.2) is 0 Å². The number of hydrogen-bond acceptors (Lipinski definition) is 4. The SMILES string of the molecule is CC(C)C[C@@H]1NC(=O)[C@@H]2C[C@H](NCc3cccc4ncccc34)CN2C1=O. The molecule has 3 heterocycles. The first kappa shape index (κ1) is 17.9. The van der Waals surface area contributed by atoms with Crippen molar-refractivity contribution in [2.75, 3.05) is 6.54 Å². The fourth-order valence-electron chi connectivity index (χ4n) is 4.21. The lowest BCUT2D eigenvalue weighted by atomic mass is 9.99. The highest BCUT2D eigenvalue weighted by atomic mass is 16.2. The minimum Gasteiger partial charge on any atom is -0.342 e. The van der Waals surface area contributed by atoms with Gasteiger partial charge in [0, 0.05) is 30.7 Å². The average Bonchev–Trinajstić information content (AvgIpc) is 3.09. The number of fused-ring (bicyclic) bond motifs is 2. The van der Waals surface area contributed by atoms with Crippen LogP contribution in [0.1, 0.15) is 32.3 Å². The van der Waals surface area contributed by atoms with Gasteiger partial charge in [0.05, 0.1) is 5.52 Å². The molecule has 4 rings (SSSR count). The summed E-state index contributed by atoms with van der Waals surface area (Å²) in [5.74, 6) is 0.415. The van der Waals surface area contributed by atoms with Gasteiger partial charge >= 0.3 is 0 Å². The molecule has 0 radical (unpaired) electrons. The second-order valence-corrected chi connectivity index (χ2v) is 8.00. The molecule has 142 valence electrons. The van der Waals surface area contributed by atoms with Crippen molar-refractivity contribution in [3.63, 3.8) is 0 Å². The van der Waals surface area contributed by atoms with Crippen LogP contribution in [0.2, 0.25) is 0 Å². The summed E-state index contributed by atoms with van der Waals surface area (Å²) in [6.07, 6.45) is 3.15. The van der Waals surface area contributed by atoms with Gasteiger partial charge in [-0.05, 0) is 36.5 Å². The Morgan fingerprint density at radius 3 is 2.93 bits per heavy atom. The normalized spacial score (nSPS) is 25.1. The zero-order chi connectivity index (χ0) is 19.0. The highest BCUT2D eigenvalue weighted by molar-refractivity contribution is 5.97. The molecule has 6 nitrogen and oxygen atoms in total. The maximum atomic E-state index is 12.8. The molecule has 0 unspecified atom stereocenters. The van der Waals surface area contributed by atoms with E-state index in [1.807, 2.05) is 18.2 Å². The Balaban J connectivity index is 1.43. The van der Waals surface area contributed by atoms with E-state index in [0.717, 1.165) is 10.9 Å². The van der Waals surface area contributed by atoms with Crippen LogP contribution in [0.5, 0.6) is 0 Å². The Morgan fingerprint density at radius 1 is 1.26 bits per heavy atom. The largest absolute Gasteiger partial charge is 0.342 e. The first-order valence-electron chi connectivity index (χ1n) is 9.70. The first-order valence-corrected chi connectivity index (χ1v) is 9.70. The Labute approximate surface area is 159 Å². The van der Waals surface area contributed by atoms with Crippen LogP contribution in [-0.2, 0) is 16.1 Å². The highest BCUT2D eigenvalue weighted by Crippen LogP contribution is 2.25. The Bertz CT molecular complexity index is 861. The number of carbonyl (C=O) groups excluding carboxylic acids is 2. The summed E-state index contributed by atoms with van der Waals surface area (Å²) in [7, 11) is 0. The third-order valence-corrected chi connectivity index (χ3v) is 5.53. The lowest BCUT2D eigenvalue weighted by Crippen LogP contribution is -2.61. The van der Waals surface area contributed by atoms with E-state index in [9.17, 15) is 9.59 Å². The minimum absolute atomic E-state index is 0.0149. The fourth-order valence-corrected chi connectivity index (χ4v) is 4.21. The van der Waals surface area contributed by atoms with E-state index in [-0.39, 0.29) is 29.9 Å². The summed E-state index contributed by atoms with van der Waals surface area (Å²) in [5, 5.41) is 7.60. The van der Waals surface area contributed by atoms with E-state index in [0.29, 0.717) is 31.8 Å². The van der Waals surface area contributed by atoms with Gasteiger partial charge in [-0.2, -0.15) is 0 Å². The molecular formula is C21H26N4O2. The number of piperazine rings is 1. The summed E-state index contributed by atoms with van der Waals surface area (Å²) < 4.78 is 0. The second kappa shape index (κ2) is 7.27. The zero-order valence-electron chi connectivity index (χ0n) is 15.8. The smallest absolute Gasteiger partial charge is 0.245 e. The van der Waals surface area contributed by atoms with Gasteiger partial charge in [-0.1, -0.05) is 32.0 Å². The number of hydrogen-bond donors (Lipinski definition) is 2. The lowest BCUT2D eigenvalue weighted by Gasteiger charge is -2.35. The molecule has 2 fully saturated rings. The summed E-state index contributed by atoms with van der Waals surface area (Å²) >= 11 is 0. The van der Waals surface area contributed by atoms with Crippen molar-refractivity contribution in [3.05, 3.63) is 42.1 Å². The summed E-state index contributed by atoms with van der Waals surface area (Å²) in [5.41, 5.74) is 2.16. The molecule has 1 aromatic carbocycles. The summed E-state index contributed by atoms with van der Waals surface area (Å²) in [4.78, 5) is 31.4. The molecule has 0 saturated carbocycles. The van der Waals surface area contributed by atoms with Gasteiger partial charge in [0.2, 0.25) is 11.8 Å². The van der Waals surface area contributed by atoms with Crippen molar-refractivity contribution in [1.29, 1.82) is 0 Å². The maximum Gasteiger partial charge on any atom is 0.245 e. The molecule has 2 aliphatic heterocycles. The molecule has 2 N–H and O–H groups in total. The monoisotopic (exact) mass is 366 g/mol.